The molecule has 2 N–H and O–H groups in total. The first kappa shape index (κ1) is 17.0. The second kappa shape index (κ2) is 6.84. The van der Waals surface area contributed by atoms with Crippen LogP contribution in [0.5, 0.6) is 0 Å². The second-order valence-corrected chi connectivity index (χ2v) is 7.31. The van der Waals surface area contributed by atoms with Crippen molar-refractivity contribution >= 4 is 18.3 Å². The van der Waals surface area contributed by atoms with Crippen LogP contribution in [0.15, 0.2) is 0 Å². The Morgan fingerprint density at radius 2 is 1.90 bits per heavy atom. The molecule has 2 heterocycles. The van der Waals surface area contributed by atoms with Crippen LogP contribution >= 0.6 is 12.4 Å². The van der Waals surface area contributed by atoms with E-state index in [1.165, 1.54) is 19.3 Å². The van der Waals surface area contributed by atoms with Crippen LogP contribution in [0.2, 0.25) is 0 Å². The number of nitrogens with two attached hydrogens (primary N) is 1. The predicted molar refractivity (Wildman–Crippen MR) is 85.5 cm³/mol. The van der Waals surface area contributed by atoms with Crippen LogP contribution < -0.4 is 5.73 Å². The van der Waals surface area contributed by atoms with Crippen LogP contribution in [0, 0.1) is 10.8 Å². The van der Waals surface area contributed by atoms with Gasteiger partial charge in [0.2, 0.25) is 5.91 Å². The molecule has 0 aromatic carbocycles. The maximum atomic E-state index is 12.6. The summed E-state index contributed by atoms with van der Waals surface area (Å²) in [6.45, 7) is 4.21. The van der Waals surface area contributed by atoms with Gasteiger partial charge in [-0.3, -0.25) is 4.79 Å². The van der Waals surface area contributed by atoms with Crippen LogP contribution in [-0.4, -0.2) is 43.7 Å². The summed E-state index contributed by atoms with van der Waals surface area (Å²) in [4.78, 5) is 14.7. The molecule has 4 nitrogen and oxygen atoms in total. The molecule has 2 saturated heterocycles. The van der Waals surface area contributed by atoms with Gasteiger partial charge < -0.3 is 15.4 Å². The van der Waals surface area contributed by atoms with Crippen molar-refractivity contribution in [3.8, 4) is 0 Å². The largest absolute Gasteiger partial charge is 0.381 e. The van der Waals surface area contributed by atoms with E-state index in [0.717, 1.165) is 52.0 Å². The smallest absolute Gasteiger partial charge is 0.223 e. The number of hydrogen-bond acceptors (Lipinski definition) is 3. The summed E-state index contributed by atoms with van der Waals surface area (Å²) in [7, 11) is 0. The summed E-state index contributed by atoms with van der Waals surface area (Å²) in [5, 5.41) is 0. The van der Waals surface area contributed by atoms with E-state index in [1.807, 2.05) is 0 Å². The molecule has 0 bridgehead atoms. The second-order valence-electron chi connectivity index (χ2n) is 7.31. The van der Waals surface area contributed by atoms with E-state index < -0.39 is 0 Å². The van der Waals surface area contributed by atoms with Crippen LogP contribution in [0.1, 0.15) is 51.4 Å². The van der Waals surface area contributed by atoms with E-state index in [9.17, 15) is 4.79 Å². The molecule has 3 fully saturated rings. The van der Waals surface area contributed by atoms with E-state index in [-0.39, 0.29) is 23.2 Å². The van der Waals surface area contributed by atoms with Crippen LogP contribution in [0.25, 0.3) is 0 Å². The minimum Gasteiger partial charge on any atom is -0.381 e. The van der Waals surface area contributed by atoms with Crippen molar-refractivity contribution in [1.29, 1.82) is 0 Å². The topological polar surface area (TPSA) is 55.6 Å². The number of hydrogen-bond donors (Lipinski definition) is 1. The SMILES string of the molecule is Cl.NCC1(CC(=O)N2CCC3(CCOC3)C2)CCCCC1. The number of carbonyl (C=O) groups excluding carboxylic acids is 1. The molecule has 21 heavy (non-hydrogen) atoms. The lowest BCUT2D eigenvalue weighted by Crippen LogP contribution is -2.40. The highest BCUT2D eigenvalue weighted by Crippen LogP contribution is 2.41. The Balaban J connectivity index is 0.00000161. The van der Waals surface area contributed by atoms with Gasteiger partial charge in [0.15, 0.2) is 0 Å². The van der Waals surface area contributed by atoms with Crippen molar-refractivity contribution in [3.63, 3.8) is 0 Å². The Kier molecular flexibility index (Phi) is 5.55. The van der Waals surface area contributed by atoms with Gasteiger partial charge in [-0.25, -0.2) is 0 Å². The van der Waals surface area contributed by atoms with Crippen molar-refractivity contribution in [1.82, 2.24) is 4.90 Å². The molecule has 2 aliphatic heterocycles. The van der Waals surface area contributed by atoms with Gasteiger partial charge in [0.05, 0.1) is 6.61 Å². The molecule has 1 amide bonds. The van der Waals surface area contributed by atoms with E-state index in [1.54, 1.807) is 0 Å². The van der Waals surface area contributed by atoms with Crippen molar-refractivity contribution < 1.29 is 9.53 Å². The van der Waals surface area contributed by atoms with Crippen LogP contribution in [-0.2, 0) is 9.53 Å². The van der Waals surface area contributed by atoms with E-state index in [0.29, 0.717) is 18.9 Å². The third-order valence-corrected chi connectivity index (χ3v) is 5.85. The standard InChI is InChI=1S/C16H28N2O2.ClH/c17-11-15(4-2-1-3-5-15)10-14(19)18-8-6-16(12-18)7-9-20-13-16;/h1-13,17H2;1H. The zero-order chi connectivity index (χ0) is 14.1. The molecular weight excluding hydrogens is 288 g/mol. The lowest BCUT2D eigenvalue weighted by atomic mass is 9.71. The minimum atomic E-state index is 0. The average Bonchev–Trinajstić information content (AvgIpc) is 3.11. The van der Waals surface area contributed by atoms with Crippen molar-refractivity contribution in [3.05, 3.63) is 0 Å². The van der Waals surface area contributed by atoms with Gasteiger partial charge in [0.1, 0.15) is 0 Å². The third-order valence-electron chi connectivity index (χ3n) is 5.85. The molecule has 1 saturated carbocycles. The molecule has 0 aromatic heterocycles. The molecule has 1 atom stereocenters. The van der Waals surface area contributed by atoms with E-state index >= 15 is 0 Å². The van der Waals surface area contributed by atoms with Gasteiger partial charge in [0.25, 0.3) is 0 Å². The molecular formula is C16H29ClN2O2. The summed E-state index contributed by atoms with van der Waals surface area (Å²) in [6, 6.07) is 0. The zero-order valence-corrected chi connectivity index (χ0v) is 13.8. The summed E-state index contributed by atoms with van der Waals surface area (Å²) in [5.41, 5.74) is 6.38. The van der Waals surface area contributed by atoms with Crippen molar-refractivity contribution in [2.45, 2.75) is 51.4 Å². The molecule has 1 spiro atoms. The van der Waals surface area contributed by atoms with E-state index in [4.69, 9.17) is 10.5 Å². The molecule has 5 heteroatoms. The van der Waals surface area contributed by atoms with Crippen molar-refractivity contribution in [2.24, 2.45) is 16.6 Å². The fourth-order valence-corrected chi connectivity index (χ4v) is 4.31. The molecule has 0 radical (unpaired) electrons. The van der Waals surface area contributed by atoms with Gasteiger partial charge in [-0.15, -0.1) is 12.4 Å². The fraction of sp³-hybridized carbons (Fsp3) is 0.938. The average molecular weight is 317 g/mol. The fourth-order valence-electron chi connectivity index (χ4n) is 4.31. The number of likely N-dealkylation sites (tertiary alicyclic amines) is 1. The van der Waals surface area contributed by atoms with Crippen LogP contribution in [0.3, 0.4) is 0 Å². The Labute approximate surface area is 134 Å². The Bertz CT molecular complexity index is 363. The minimum absolute atomic E-state index is 0. The highest BCUT2D eigenvalue weighted by molar-refractivity contribution is 5.85. The number of nitrogens with zero attached hydrogens (tertiary/aromatic N) is 1. The van der Waals surface area contributed by atoms with Crippen LogP contribution in [0.4, 0.5) is 0 Å². The number of carbonyl (C=O) groups is 1. The predicted octanol–water partition coefficient (Wildman–Crippen LogP) is 2.35. The molecule has 3 aliphatic rings. The first-order valence-corrected chi connectivity index (χ1v) is 8.23. The van der Waals surface area contributed by atoms with Gasteiger partial charge >= 0.3 is 0 Å². The highest BCUT2D eigenvalue weighted by atomic mass is 35.5. The van der Waals surface area contributed by atoms with Gasteiger partial charge in [-0.1, -0.05) is 19.3 Å². The summed E-state index contributed by atoms with van der Waals surface area (Å²) >= 11 is 0. The van der Waals surface area contributed by atoms with Crippen molar-refractivity contribution in [2.75, 3.05) is 32.8 Å². The highest BCUT2D eigenvalue weighted by Gasteiger charge is 2.44. The van der Waals surface area contributed by atoms with Gasteiger partial charge in [0, 0.05) is 31.5 Å². The monoisotopic (exact) mass is 316 g/mol. The molecule has 3 rings (SSSR count). The zero-order valence-electron chi connectivity index (χ0n) is 12.9. The molecule has 122 valence electrons. The summed E-state index contributed by atoms with van der Waals surface area (Å²) < 4.78 is 5.54. The number of rotatable bonds is 3. The quantitative estimate of drug-likeness (QED) is 0.869. The lowest BCUT2D eigenvalue weighted by Gasteiger charge is -2.37. The maximum absolute atomic E-state index is 12.6. The molecule has 0 aromatic rings. The first-order valence-electron chi connectivity index (χ1n) is 8.23. The van der Waals surface area contributed by atoms with Gasteiger partial charge in [-0.2, -0.15) is 0 Å². The Hall–Kier alpha value is -0.320. The molecule has 1 aliphatic carbocycles. The number of ether oxygens (including phenoxy) is 1. The maximum Gasteiger partial charge on any atom is 0.223 e. The third kappa shape index (κ3) is 3.54. The normalized spacial score (nSPS) is 31.4. The molecule has 1 unspecified atom stereocenters. The lowest BCUT2D eigenvalue weighted by molar-refractivity contribution is -0.133. The first-order chi connectivity index (χ1) is 9.67. The van der Waals surface area contributed by atoms with Gasteiger partial charge in [-0.05, 0) is 37.6 Å². The number of amides is 1. The Morgan fingerprint density at radius 3 is 2.52 bits per heavy atom. The Morgan fingerprint density at radius 1 is 1.14 bits per heavy atom. The summed E-state index contributed by atoms with van der Waals surface area (Å²) in [5.74, 6) is 0.334. The summed E-state index contributed by atoms with van der Waals surface area (Å²) in [6.07, 6.45) is 8.97. The van der Waals surface area contributed by atoms with E-state index in [2.05, 4.69) is 4.90 Å². The number of halogens is 1.